The van der Waals surface area contributed by atoms with E-state index in [-0.39, 0.29) is 0 Å². The number of aromatic nitrogens is 1. The number of hydrogen-bond acceptors (Lipinski definition) is 4. The average Bonchev–Trinajstić information content (AvgIpc) is 2.40. The highest BCUT2D eigenvalue weighted by Crippen LogP contribution is 2.21. The quantitative estimate of drug-likeness (QED) is 0.865. The van der Waals surface area contributed by atoms with Crippen LogP contribution in [0.15, 0.2) is 18.5 Å². The minimum atomic E-state index is -0.440. The molecule has 1 atom stereocenters. The minimum Gasteiger partial charge on any atom is -0.381 e. The second kappa shape index (κ2) is 5.82. The molecule has 1 unspecified atom stereocenters. The number of primary amides is 1. The highest BCUT2D eigenvalue weighted by molar-refractivity contribution is 5.98. The number of nitrogens with two attached hydrogens (primary N) is 1. The lowest BCUT2D eigenvalue weighted by molar-refractivity contribution is 0.0576. The van der Waals surface area contributed by atoms with Gasteiger partial charge in [-0.2, -0.15) is 0 Å². The molecule has 1 aliphatic rings. The molecule has 2 rings (SSSR count). The fourth-order valence-corrected chi connectivity index (χ4v) is 2.35. The number of carbonyl (C=O) groups is 1. The lowest BCUT2D eigenvalue weighted by Crippen LogP contribution is -2.32. The molecule has 98 valence electrons. The first-order chi connectivity index (χ1) is 8.68. The molecule has 1 aromatic heterocycles. The maximum absolute atomic E-state index is 11.3. The summed E-state index contributed by atoms with van der Waals surface area (Å²) in [5, 5.41) is 0. The molecule has 1 amide bonds. The first-order valence-electron chi connectivity index (χ1n) is 6.21. The molecular weight excluding hydrogens is 230 g/mol. The summed E-state index contributed by atoms with van der Waals surface area (Å²) in [7, 11) is 1.97. The molecule has 0 bridgehead atoms. The summed E-state index contributed by atoms with van der Waals surface area (Å²) in [6.45, 7) is 2.52. The molecule has 1 aliphatic heterocycles. The lowest BCUT2D eigenvalue weighted by Gasteiger charge is -2.29. The van der Waals surface area contributed by atoms with E-state index in [0.717, 1.165) is 31.9 Å². The molecule has 0 saturated carbocycles. The van der Waals surface area contributed by atoms with Crippen molar-refractivity contribution in [1.29, 1.82) is 0 Å². The topological polar surface area (TPSA) is 68.4 Å². The molecule has 18 heavy (non-hydrogen) atoms. The van der Waals surface area contributed by atoms with E-state index in [1.165, 1.54) is 12.6 Å². The summed E-state index contributed by atoms with van der Waals surface area (Å²) in [5.41, 5.74) is 6.66. The molecule has 0 spiro atoms. The van der Waals surface area contributed by atoms with Gasteiger partial charge >= 0.3 is 0 Å². The van der Waals surface area contributed by atoms with Crippen molar-refractivity contribution in [2.45, 2.75) is 12.8 Å². The number of hydrogen-bond donors (Lipinski definition) is 1. The number of carbonyl (C=O) groups excluding carboxylic acids is 1. The molecule has 1 saturated heterocycles. The molecule has 2 heterocycles. The van der Waals surface area contributed by atoms with Crippen LogP contribution in [0.2, 0.25) is 0 Å². The van der Waals surface area contributed by atoms with Gasteiger partial charge in [-0.15, -0.1) is 0 Å². The maximum Gasteiger partial charge on any atom is 0.252 e. The van der Waals surface area contributed by atoms with Gasteiger partial charge in [-0.1, -0.05) is 0 Å². The van der Waals surface area contributed by atoms with Crippen molar-refractivity contribution in [1.82, 2.24) is 4.98 Å². The van der Waals surface area contributed by atoms with Gasteiger partial charge in [-0.05, 0) is 24.8 Å². The van der Waals surface area contributed by atoms with E-state index >= 15 is 0 Å². The van der Waals surface area contributed by atoms with Crippen LogP contribution in [0.1, 0.15) is 23.2 Å². The van der Waals surface area contributed by atoms with Gasteiger partial charge in [0.25, 0.3) is 5.91 Å². The van der Waals surface area contributed by atoms with Crippen LogP contribution in [0.4, 0.5) is 5.69 Å². The Kier molecular flexibility index (Phi) is 4.15. The molecule has 5 heteroatoms. The van der Waals surface area contributed by atoms with E-state index in [1.54, 1.807) is 6.20 Å². The summed E-state index contributed by atoms with van der Waals surface area (Å²) < 4.78 is 5.47. The van der Waals surface area contributed by atoms with Gasteiger partial charge < -0.3 is 15.4 Å². The first kappa shape index (κ1) is 12.8. The Hall–Kier alpha value is -1.62. The minimum absolute atomic E-state index is 0.440. The first-order valence-corrected chi connectivity index (χ1v) is 6.21. The maximum atomic E-state index is 11.3. The molecule has 2 N–H and O–H groups in total. The summed E-state index contributed by atoms with van der Waals surface area (Å²) in [6.07, 6.45) is 5.47. The molecule has 0 radical (unpaired) electrons. The summed E-state index contributed by atoms with van der Waals surface area (Å²) >= 11 is 0. The van der Waals surface area contributed by atoms with Gasteiger partial charge in [0.2, 0.25) is 0 Å². The highest BCUT2D eigenvalue weighted by atomic mass is 16.5. The highest BCUT2D eigenvalue weighted by Gasteiger charge is 2.18. The lowest BCUT2D eigenvalue weighted by atomic mass is 10.0. The number of rotatable bonds is 4. The van der Waals surface area contributed by atoms with E-state index in [2.05, 4.69) is 9.88 Å². The molecule has 0 aromatic carbocycles. The Bertz CT molecular complexity index is 416. The normalized spacial score (nSPS) is 19.5. The van der Waals surface area contributed by atoms with E-state index in [0.29, 0.717) is 11.5 Å². The van der Waals surface area contributed by atoms with Crippen molar-refractivity contribution in [3.05, 3.63) is 24.0 Å². The van der Waals surface area contributed by atoms with E-state index < -0.39 is 5.91 Å². The van der Waals surface area contributed by atoms with Crippen molar-refractivity contribution in [3.8, 4) is 0 Å². The van der Waals surface area contributed by atoms with E-state index in [9.17, 15) is 4.79 Å². The van der Waals surface area contributed by atoms with E-state index in [1.807, 2.05) is 13.1 Å². The predicted octanol–water partition coefficient (Wildman–Crippen LogP) is 1.04. The van der Waals surface area contributed by atoms with Crippen LogP contribution in [0, 0.1) is 5.92 Å². The van der Waals surface area contributed by atoms with E-state index in [4.69, 9.17) is 10.5 Å². The fourth-order valence-electron chi connectivity index (χ4n) is 2.35. The zero-order chi connectivity index (χ0) is 13.0. The molecule has 1 aromatic rings. The largest absolute Gasteiger partial charge is 0.381 e. The van der Waals surface area contributed by atoms with Crippen molar-refractivity contribution < 1.29 is 9.53 Å². The van der Waals surface area contributed by atoms with Gasteiger partial charge in [0, 0.05) is 32.6 Å². The Labute approximate surface area is 107 Å². The monoisotopic (exact) mass is 249 g/mol. The number of amides is 1. The summed E-state index contributed by atoms with van der Waals surface area (Å²) in [5.74, 6) is 0.0717. The fraction of sp³-hybridized carbons (Fsp3) is 0.538. The van der Waals surface area contributed by atoms with Crippen molar-refractivity contribution in [3.63, 3.8) is 0 Å². The molecular formula is C13H19N3O2. The van der Waals surface area contributed by atoms with Crippen molar-refractivity contribution in [2.24, 2.45) is 11.7 Å². The Morgan fingerprint density at radius 3 is 3.17 bits per heavy atom. The van der Waals surface area contributed by atoms with Crippen molar-refractivity contribution >= 4 is 11.6 Å². The number of nitrogens with zero attached hydrogens (tertiary/aromatic N) is 2. The van der Waals surface area contributed by atoms with Crippen molar-refractivity contribution in [2.75, 3.05) is 31.7 Å². The number of anilines is 1. The standard InChI is InChI=1S/C13H19N3O2/c1-16(8-10-3-2-6-18-9-10)12-4-5-15-7-11(12)13(14)17/h4-5,7,10H,2-3,6,8-9H2,1H3,(H2,14,17). The second-order valence-electron chi connectivity index (χ2n) is 4.72. The molecule has 1 fully saturated rings. The van der Waals surface area contributed by atoms with Crippen LogP contribution >= 0.6 is 0 Å². The SMILES string of the molecule is CN(CC1CCCOC1)c1ccncc1C(N)=O. The third-order valence-electron chi connectivity index (χ3n) is 3.26. The van der Waals surface area contributed by atoms with Crippen LogP contribution in [0.3, 0.4) is 0 Å². The number of pyridine rings is 1. The van der Waals surface area contributed by atoms with Gasteiger partial charge in [0.15, 0.2) is 0 Å². The van der Waals surface area contributed by atoms with Crippen LogP contribution < -0.4 is 10.6 Å². The average molecular weight is 249 g/mol. The van der Waals surface area contributed by atoms with Gasteiger partial charge in [0.05, 0.1) is 17.9 Å². The Morgan fingerprint density at radius 2 is 2.50 bits per heavy atom. The van der Waals surface area contributed by atoms with Crippen LogP contribution in [-0.2, 0) is 4.74 Å². The Balaban J connectivity index is 2.08. The third-order valence-corrected chi connectivity index (χ3v) is 3.26. The zero-order valence-corrected chi connectivity index (χ0v) is 10.6. The Morgan fingerprint density at radius 1 is 1.67 bits per heavy atom. The van der Waals surface area contributed by atoms with Crippen LogP contribution in [-0.4, -0.2) is 37.7 Å². The van der Waals surface area contributed by atoms with Gasteiger partial charge in [0.1, 0.15) is 0 Å². The number of ether oxygens (including phenoxy) is 1. The smallest absolute Gasteiger partial charge is 0.252 e. The third kappa shape index (κ3) is 2.98. The summed E-state index contributed by atoms with van der Waals surface area (Å²) in [6, 6.07) is 1.82. The molecule has 5 nitrogen and oxygen atoms in total. The molecule has 0 aliphatic carbocycles. The van der Waals surface area contributed by atoms with Gasteiger partial charge in [-0.25, -0.2) is 0 Å². The van der Waals surface area contributed by atoms with Crippen LogP contribution in [0.25, 0.3) is 0 Å². The summed E-state index contributed by atoms with van der Waals surface area (Å²) in [4.78, 5) is 17.3. The van der Waals surface area contributed by atoms with Crippen LogP contribution in [0.5, 0.6) is 0 Å². The second-order valence-corrected chi connectivity index (χ2v) is 4.72. The zero-order valence-electron chi connectivity index (χ0n) is 10.6. The van der Waals surface area contributed by atoms with Gasteiger partial charge in [-0.3, -0.25) is 9.78 Å². The predicted molar refractivity (Wildman–Crippen MR) is 69.6 cm³/mol.